The molecule has 0 fully saturated rings. The summed E-state index contributed by atoms with van der Waals surface area (Å²) in [6, 6.07) is 8.25. The van der Waals surface area contributed by atoms with E-state index in [4.69, 9.17) is 11.6 Å². The quantitative estimate of drug-likeness (QED) is 0.694. The Balaban J connectivity index is 2.29. The second kappa shape index (κ2) is 5.33. The van der Waals surface area contributed by atoms with Gasteiger partial charge in [-0.05, 0) is 32.4 Å². The molecule has 6 heteroatoms. The molecule has 0 spiro atoms. The summed E-state index contributed by atoms with van der Waals surface area (Å²) in [6.07, 6.45) is 1.49. The van der Waals surface area contributed by atoms with Crippen LogP contribution >= 0.6 is 11.6 Å². The highest BCUT2D eigenvalue weighted by molar-refractivity contribution is 6.30. The number of benzene rings is 1. The Morgan fingerprint density at radius 3 is 2.71 bits per heavy atom. The van der Waals surface area contributed by atoms with Crippen LogP contribution in [0.3, 0.4) is 0 Å². The van der Waals surface area contributed by atoms with Gasteiger partial charge in [-0.25, -0.2) is 0 Å². The van der Waals surface area contributed by atoms with Gasteiger partial charge >= 0.3 is 0 Å². The summed E-state index contributed by atoms with van der Waals surface area (Å²) in [7, 11) is 0. The van der Waals surface area contributed by atoms with Gasteiger partial charge in [-0.2, -0.15) is 19.6 Å². The summed E-state index contributed by atoms with van der Waals surface area (Å²) in [5.74, 6) is 1.41. The van der Waals surface area contributed by atoms with Crippen LogP contribution in [0.2, 0.25) is 5.15 Å². The Bertz CT molecular complexity index is 796. The van der Waals surface area contributed by atoms with E-state index in [1.807, 2.05) is 19.1 Å². The number of aromatic nitrogens is 4. The number of para-hydroxylation sites is 1. The number of halogens is 1. The summed E-state index contributed by atoms with van der Waals surface area (Å²) < 4.78 is 1.73. The fourth-order valence-corrected chi connectivity index (χ4v) is 2.66. The number of hydrogen-bond donors (Lipinski definition) is 0. The van der Waals surface area contributed by atoms with Crippen LogP contribution in [0.1, 0.15) is 18.1 Å². The van der Waals surface area contributed by atoms with E-state index in [1.54, 1.807) is 4.52 Å². The Labute approximate surface area is 128 Å². The average molecular weight is 302 g/mol. The van der Waals surface area contributed by atoms with Gasteiger partial charge in [-0.3, -0.25) is 0 Å². The van der Waals surface area contributed by atoms with Crippen LogP contribution in [-0.2, 0) is 0 Å². The van der Waals surface area contributed by atoms with Crippen LogP contribution in [0.4, 0.5) is 11.5 Å². The van der Waals surface area contributed by atoms with Crippen LogP contribution in [0, 0.1) is 13.8 Å². The lowest BCUT2D eigenvalue weighted by Gasteiger charge is -2.26. The Morgan fingerprint density at radius 2 is 2.00 bits per heavy atom. The Morgan fingerprint density at radius 1 is 1.24 bits per heavy atom. The van der Waals surface area contributed by atoms with Crippen LogP contribution in [-0.4, -0.2) is 26.1 Å². The molecule has 2 aromatic heterocycles. The first-order valence-corrected chi connectivity index (χ1v) is 7.20. The molecule has 1 aromatic carbocycles. The van der Waals surface area contributed by atoms with Crippen molar-refractivity contribution in [2.45, 2.75) is 20.8 Å². The third-order valence-corrected chi connectivity index (χ3v) is 3.92. The fourth-order valence-electron chi connectivity index (χ4n) is 2.50. The number of nitrogens with zero attached hydrogens (tertiary/aromatic N) is 5. The van der Waals surface area contributed by atoms with Gasteiger partial charge in [0.15, 0.2) is 0 Å². The predicted molar refractivity (Wildman–Crippen MR) is 84.4 cm³/mol. The Kier molecular flexibility index (Phi) is 3.51. The summed E-state index contributed by atoms with van der Waals surface area (Å²) in [6.45, 7) is 6.94. The van der Waals surface area contributed by atoms with E-state index < -0.39 is 0 Å². The van der Waals surface area contributed by atoms with E-state index >= 15 is 0 Å². The zero-order valence-corrected chi connectivity index (χ0v) is 13.0. The zero-order valence-electron chi connectivity index (χ0n) is 12.2. The summed E-state index contributed by atoms with van der Waals surface area (Å²) >= 11 is 6.26. The zero-order chi connectivity index (χ0) is 15.0. The molecule has 0 N–H and O–H groups in total. The van der Waals surface area contributed by atoms with E-state index in [1.165, 1.54) is 11.9 Å². The summed E-state index contributed by atoms with van der Waals surface area (Å²) in [5.41, 5.74) is 3.21. The lowest BCUT2D eigenvalue weighted by atomic mass is 10.1. The van der Waals surface area contributed by atoms with Gasteiger partial charge in [0, 0.05) is 17.8 Å². The lowest BCUT2D eigenvalue weighted by Crippen LogP contribution is -2.22. The summed E-state index contributed by atoms with van der Waals surface area (Å²) in [4.78, 5) is 10.6. The topological polar surface area (TPSA) is 46.3 Å². The van der Waals surface area contributed by atoms with E-state index in [-0.39, 0.29) is 0 Å². The molecule has 0 atom stereocenters. The van der Waals surface area contributed by atoms with Gasteiger partial charge < -0.3 is 4.90 Å². The SMILES string of the molecule is CCN(c1ccccc1C)c1c(C)c(Cl)nc2ncnn12. The number of anilines is 2. The highest BCUT2D eigenvalue weighted by atomic mass is 35.5. The maximum atomic E-state index is 6.26. The van der Waals surface area contributed by atoms with E-state index in [2.05, 4.69) is 45.9 Å². The van der Waals surface area contributed by atoms with Crippen molar-refractivity contribution >= 4 is 28.9 Å². The molecular weight excluding hydrogens is 286 g/mol. The number of aryl methyl sites for hydroxylation is 1. The molecule has 3 aromatic rings. The van der Waals surface area contributed by atoms with Gasteiger partial charge in [0.1, 0.15) is 17.3 Å². The van der Waals surface area contributed by atoms with E-state index in [0.29, 0.717) is 10.9 Å². The molecule has 0 saturated heterocycles. The average Bonchev–Trinajstić information content (AvgIpc) is 2.93. The maximum absolute atomic E-state index is 6.26. The molecule has 108 valence electrons. The molecule has 0 radical (unpaired) electrons. The molecule has 0 saturated carbocycles. The van der Waals surface area contributed by atoms with Crippen molar-refractivity contribution in [1.29, 1.82) is 0 Å². The third kappa shape index (κ3) is 2.23. The molecule has 0 bridgehead atoms. The standard InChI is InChI=1S/C15H16ClN5/c1-4-20(12-8-6-5-7-10(12)2)14-11(3)13(16)19-15-17-9-18-21(14)15/h5-9H,4H2,1-3H3. The van der Waals surface area contributed by atoms with Gasteiger partial charge in [-0.15, -0.1) is 0 Å². The monoisotopic (exact) mass is 301 g/mol. The molecule has 21 heavy (non-hydrogen) atoms. The van der Waals surface area contributed by atoms with Gasteiger partial charge in [0.05, 0.1) is 0 Å². The molecule has 3 rings (SSSR count). The van der Waals surface area contributed by atoms with Crippen molar-refractivity contribution in [2.75, 3.05) is 11.4 Å². The molecule has 0 aliphatic heterocycles. The van der Waals surface area contributed by atoms with Crippen molar-refractivity contribution in [2.24, 2.45) is 0 Å². The van der Waals surface area contributed by atoms with Crippen molar-refractivity contribution in [3.8, 4) is 0 Å². The first-order chi connectivity index (χ1) is 10.1. The number of fused-ring (bicyclic) bond motifs is 1. The van der Waals surface area contributed by atoms with Crippen LogP contribution < -0.4 is 4.90 Å². The molecule has 5 nitrogen and oxygen atoms in total. The molecule has 0 unspecified atom stereocenters. The van der Waals surface area contributed by atoms with Gasteiger partial charge in [0.2, 0.25) is 0 Å². The molecule has 0 aliphatic carbocycles. The minimum atomic E-state index is 0.456. The molecule has 0 amide bonds. The van der Waals surface area contributed by atoms with Gasteiger partial charge in [-0.1, -0.05) is 29.8 Å². The smallest absolute Gasteiger partial charge is 0.255 e. The lowest BCUT2D eigenvalue weighted by molar-refractivity contribution is 0.866. The summed E-state index contributed by atoms with van der Waals surface area (Å²) in [5, 5.41) is 4.74. The largest absolute Gasteiger partial charge is 0.326 e. The predicted octanol–water partition coefficient (Wildman–Crippen LogP) is 3.55. The van der Waals surface area contributed by atoms with E-state index in [9.17, 15) is 0 Å². The van der Waals surface area contributed by atoms with Crippen molar-refractivity contribution < 1.29 is 0 Å². The third-order valence-electron chi connectivity index (χ3n) is 3.55. The first kappa shape index (κ1) is 13.8. The fraction of sp³-hybridized carbons (Fsp3) is 0.267. The molecular formula is C15H16ClN5. The number of rotatable bonds is 3. The second-order valence-corrected chi connectivity index (χ2v) is 5.21. The normalized spacial score (nSPS) is 11.0. The van der Waals surface area contributed by atoms with Crippen molar-refractivity contribution in [3.05, 3.63) is 46.9 Å². The van der Waals surface area contributed by atoms with Crippen molar-refractivity contribution in [1.82, 2.24) is 19.6 Å². The van der Waals surface area contributed by atoms with Crippen LogP contribution in [0.15, 0.2) is 30.6 Å². The van der Waals surface area contributed by atoms with Crippen LogP contribution in [0.5, 0.6) is 0 Å². The van der Waals surface area contributed by atoms with Crippen molar-refractivity contribution in [3.63, 3.8) is 0 Å². The van der Waals surface area contributed by atoms with Gasteiger partial charge in [0.25, 0.3) is 5.78 Å². The highest BCUT2D eigenvalue weighted by Gasteiger charge is 2.19. The van der Waals surface area contributed by atoms with E-state index in [0.717, 1.165) is 23.6 Å². The number of hydrogen-bond acceptors (Lipinski definition) is 4. The molecule has 2 heterocycles. The maximum Gasteiger partial charge on any atom is 0.255 e. The minimum Gasteiger partial charge on any atom is -0.326 e. The first-order valence-electron chi connectivity index (χ1n) is 6.82. The minimum absolute atomic E-state index is 0.456. The highest BCUT2D eigenvalue weighted by Crippen LogP contribution is 2.32. The molecule has 0 aliphatic rings. The van der Waals surface area contributed by atoms with Crippen LogP contribution in [0.25, 0.3) is 5.78 Å². The Hall–Kier alpha value is -2.14. The second-order valence-electron chi connectivity index (χ2n) is 4.85.